The van der Waals surface area contributed by atoms with Crippen molar-refractivity contribution >= 4 is 5.91 Å². The predicted octanol–water partition coefficient (Wildman–Crippen LogP) is 3.28. The van der Waals surface area contributed by atoms with Crippen molar-refractivity contribution in [2.75, 3.05) is 13.7 Å². The number of hydrogen-bond acceptors (Lipinski definition) is 2. The van der Waals surface area contributed by atoms with Gasteiger partial charge in [0.1, 0.15) is 5.75 Å². The molecule has 3 nitrogen and oxygen atoms in total. The van der Waals surface area contributed by atoms with Crippen LogP contribution in [0.2, 0.25) is 0 Å². The van der Waals surface area contributed by atoms with Crippen LogP contribution in [0.5, 0.6) is 5.75 Å². The van der Waals surface area contributed by atoms with Crippen LogP contribution >= 0.6 is 0 Å². The summed E-state index contributed by atoms with van der Waals surface area (Å²) in [4.78, 5) is 12.0. The summed E-state index contributed by atoms with van der Waals surface area (Å²) in [6.07, 6.45) is 0.403. The van der Waals surface area contributed by atoms with Crippen LogP contribution in [-0.2, 0) is 11.2 Å². The van der Waals surface area contributed by atoms with Crippen molar-refractivity contribution in [1.29, 1.82) is 0 Å². The molecule has 0 unspecified atom stereocenters. The minimum Gasteiger partial charge on any atom is -0.497 e. The first-order valence-electron chi connectivity index (χ1n) is 7.33. The molecule has 0 saturated carbocycles. The van der Waals surface area contributed by atoms with Gasteiger partial charge in [-0.3, -0.25) is 4.79 Å². The van der Waals surface area contributed by atoms with Gasteiger partial charge in [0, 0.05) is 6.54 Å². The van der Waals surface area contributed by atoms with Gasteiger partial charge in [-0.2, -0.15) is 0 Å². The molecule has 1 aromatic rings. The zero-order chi connectivity index (χ0) is 15.1. The number of hydrogen-bond donors (Lipinski definition) is 1. The Morgan fingerprint density at radius 2 is 1.85 bits per heavy atom. The average molecular weight is 277 g/mol. The van der Waals surface area contributed by atoms with E-state index in [1.807, 2.05) is 24.3 Å². The fourth-order valence-electron chi connectivity index (χ4n) is 2.50. The van der Waals surface area contributed by atoms with Crippen LogP contribution in [0.4, 0.5) is 0 Å². The largest absolute Gasteiger partial charge is 0.497 e. The van der Waals surface area contributed by atoms with Crippen molar-refractivity contribution < 1.29 is 9.53 Å². The summed E-state index contributed by atoms with van der Waals surface area (Å²) in [6, 6.07) is 7.65. The second-order valence-corrected chi connectivity index (χ2v) is 5.98. The number of methoxy groups -OCH3 is 1. The first-order valence-corrected chi connectivity index (χ1v) is 7.33. The van der Waals surface area contributed by atoms with Crippen LogP contribution in [0.25, 0.3) is 0 Å². The first-order chi connectivity index (χ1) is 9.43. The van der Waals surface area contributed by atoms with Gasteiger partial charge in [0.15, 0.2) is 0 Å². The van der Waals surface area contributed by atoms with E-state index >= 15 is 0 Å². The Hall–Kier alpha value is -1.51. The number of rotatable bonds is 7. The van der Waals surface area contributed by atoms with Gasteiger partial charge in [-0.05, 0) is 35.4 Å². The quantitative estimate of drug-likeness (QED) is 0.830. The van der Waals surface area contributed by atoms with Gasteiger partial charge in [0.05, 0.1) is 13.5 Å². The Morgan fingerprint density at radius 1 is 1.20 bits per heavy atom. The topological polar surface area (TPSA) is 38.3 Å². The Morgan fingerprint density at radius 3 is 2.40 bits per heavy atom. The maximum Gasteiger partial charge on any atom is 0.224 e. The molecule has 0 aliphatic heterocycles. The van der Waals surface area contributed by atoms with E-state index in [0.29, 0.717) is 24.2 Å². The van der Waals surface area contributed by atoms with E-state index in [1.54, 1.807) is 7.11 Å². The number of benzene rings is 1. The molecule has 0 fully saturated rings. The van der Waals surface area contributed by atoms with Gasteiger partial charge in [-0.25, -0.2) is 0 Å². The molecule has 0 aromatic heterocycles. The van der Waals surface area contributed by atoms with Crippen LogP contribution < -0.4 is 10.1 Å². The summed E-state index contributed by atoms with van der Waals surface area (Å²) in [5.41, 5.74) is 0.979. The fourth-order valence-corrected chi connectivity index (χ4v) is 2.50. The highest BCUT2D eigenvalue weighted by Gasteiger charge is 2.18. The zero-order valence-corrected chi connectivity index (χ0v) is 13.3. The molecule has 0 bridgehead atoms. The van der Waals surface area contributed by atoms with Gasteiger partial charge >= 0.3 is 0 Å². The van der Waals surface area contributed by atoms with Crippen molar-refractivity contribution in [3.05, 3.63) is 29.8 Å². The lowest BCUT2D eigenvalue weighted by Gasteiger charge is -2.25. The third kappa shape index (κ3) is 5.24. The summed E-state index contributed by atoms with van der Waals surface area (Å²) in [7, 11) is 1.63. The minimum absolute atomic E-state index is 0.0737. The maximum atomic E-state index is 12.0. The molecule has 112 valence electrons. The summed E-state index contributed by atoms with van der Waals surface area (Å²) < 4.78 is 5.17. The van der Waals surface area contributed by atoms with Crippen LogP contribution in [-0.4, -0.2) is 19.6 Å². The van der Waals surface area contributed by atoms with E-state index in [4.69, 9.17) is 4.74 Å². The standard InChI is InChI=1S/C17H27NO2/c1-12(2)16(13(3)4)11-18-17(19)10-14-7-6-8-15(9-14)20-5/h6-9,12-13,16H,10-11H2,1-5H3,(H,18,19). The molecule has 0 atom stereocenters. The number of carbonyl (C=O) groups is 1. The van der Waals surface area contributed by atoms with Gasteiger partial charge in [0.2, 0.25) is 5.91 Å². The Balaban J connectivity index is 2.50. The van der Waals surface area contributed by atoms with Crippen LogP contribution in [0.1, 0.15) is 33.3 Å². The zero-order valence-electron chi connectivity index (χ0n) is 13.3. The van der Waals surface area contributed by atoms with Crippen molar-refractivity contribution in [3.63, 3.8) is 0 Å². The minimum atomic E-state index is 0.0737. The van der Waals surface area contributed by atoms with E-state index < -0.39 is 0 Å². The lowest BCUT2D eigenvalue weighted by molar-refractivity contribution is -0.120. The maximum absolute atomic E-state index is 12.0. The fraction of sp³-hybridized carbons (Fsp3) is 0.588. The molecule has 1 N–H and O–H groups in total. The van der Waals surface area contributed by atoms with E-state index in [9.17, 15) is 4.79 Å². The summed E-state index contributed by atoms with van der Waals surface area (Å²) in [5, 5.41) is 3.05. The second-order valence-electron chi connectivity index (χ2n) is 5.98. The van der Waals surface area contributed by atoms with Crippen molar-refractivity contribution in [2.24, 2.45) is 17.8 Å². The van der Waals surface area contributed by atoms with Gasteiger partial charge < -0.3 is 10.1 Å². The van der Waals surface area contributed by atoms with Crippen molar-refractivity contribution in [3.8, 4) is 5.75 Å². The molecular formula is C17H27NO2. The smallest absolute Gasteiger partial charge is 0.224 e. The van der Waals surface area contributed by atoms with Crippen LogP contribution in [0.15, 0.2) is 24.3 Å². The summed E-state index contributed by atoms with van der Waals surface area (Å²) >= 11 is 0. The van der Waals surface area contributed by atoms with Gasteiger partial charge in [0.25, 0.3) is 0 Å². The second kappa shape index (κ2) is 7.93. The number of carbonyl (C=O) groups excluding carboxylic acids is 1. The predicted molar refractivity (Wildman–Crippen MR) is 82.9 cm³/mol. The molecule has 1 amide bonds. The van der Waals surface area contributed by atoms with E-state index in [1.165, 1.54) is 0 Å². The molecule has 1 aromatic carbocycles. The molecular weight excluding hydrogens is 250 g/mol. The van der Waals surface area contributed by atoms with Crippen LogP contribution in [0.3, 0.4) is 0 Å². The van der Waals surface area contributed by atoms with E-state index in [0.717, 1.165) is 17.9 Å². The Kier molecular flexibility index (Phi) is 6.56. The molecule has 0 heterocycles. The van der Waals surface area contributed by atoms with Gasteiger partial charge in [-0.15, -0.1) is 0 Å². The number of ether oxygens (including phenoxy) is 1. The normalized spacial score (nSPS) is 11.2. The molecule has 0 saturated heterocycles. The number of nitrogens with one attached hydrogen (secondary N) is 1. The third-order valence-corrected chi connectivity index (χ3v) is 3.75. The highest BCUT2D eigenvalue weighted by molar-refractivity contribution is 5.78. The van der Waals surface area contributed by atoms with Gasteiger partial charge in [-0.1, -0.05) is 39.8 Å². The first kappa shape index (κ1) is 16.5. The molecule has 0 radical (unpaired) electrons. The molecule has 0 aliphatic rings. The lowest BCUT2D eigenvalue weighted by Crippen LogP contribution is -2.34. The average Bonchev–Trinajstić information content (AvgIpc) is 2.38. The summed E-state index contributed by atoms with van der Waals surface area (Å²) in [6.45, 7) is 9.58. The van der Waals surface area contributed by atoms with E-state index in [2.05, 4.69) is 33.0 Å². The molecule has 20 heavy (non-hydrogen) atoms. The third-order valence-electron chi connectivity index (χ3n) is 3.75. The van der Waals surface area contributed by atoms with Crippen LogP contribution in [0, 0.1) is 17.8 Å². The molecule has 0 spiro atoms. The highest BCUT2D eigenvalue weighted by Crippen LogP contribution is 2.19. The SMILES string of the molecule is COc1cccc(CC(=O)NCC(C(C)C)C(C)C)c1. The van der Waals surface area contributed by atoms with E-state index in [-0.39, 0.29) is 5.91 Å². The van der Waals surface area contributed by atoms with Crippen molar-refractivity contribution in [1.82, 2.24) is 5.32 Å². The highest BCUT2D eigenvalue weighted by atomic mass is 16.5. The van der Waals surface area contributed by atoms with Crippen molar-refractivity contribution in [2.45, 2.75) is 34.1 Å². The molecule has 1 rings (SSSR count). The lowest BCUT2D eigenvalue weighted by atomic mass is 9.85. The molecule has 3 heteroatoms. The molecule has 0 aliphatic carbocycles. The monoisotopic (exact) mass is 277 g/mol. The Labute approximate surface area is 122 Å². The Bertz CT molecular complexity index is 419. The number of amides is 1. The summed E-state index contributed by atoms with van der Waals surface area (Å²) in [5.74, 6) is 2.53.